The Morgan fingerprint density at radius 3 is 2.41 bits per heavy atom. The number of hydrogen-bond donors (Lipinski definition) is 1. The molecule has 8 heteroatoms. The molecule has 2 saturated heterocycles. The third kappa shape index (κ3) is 5.24. The number of carbonyl (C=O) groups excluding carboxylic acids is 1. The third-order valence-corrected chi connectivity index (χ3v) is 6.01. The number of anilines is 2. The van der Waals surface area contributed by atoms with Gasteiger partial charge in [0, 0.05) is 24.5 Å². The number of hydrogen-bond acceptors (Lipinski definition) is 4. The maximum absolute atomic E-state index is 13.2. The molecule has 0 aliphatic carbocycles. The van der Waals surface area contributed by atoms with Gasteiger partial charge in [-0.3, -0.25) is 9.69 Å². The molecule has 2 aromatic carbocycles. The lowest BCUT2D eigenvalue weighted by Crippen LogP contribution is -2.57. The van der Waals surface area contributed by atoms with Crippen molar-refractivity contribution in [3.05, 3.63) is 58.9 Å². The lowest BCUT2D eigenvalue weighted by molar-refractivity contribution is -0.141. The smallest absolute Gasteiger partial charge is 0.272 e. The zero-order chi connectivity index (χ0) is 22.9. The Balaban J connectivity index is 1.39. The first-order valence-corrected chi connectivity index (χ1v) is 10.8. The number of nitrogens with one attached hydrogen (secondary N) is 1. The van der Waals surface area contributed by atoms with Crippen LogP contribution in [0.5, 0.6) is 0 Å². The molecule has 2 heterocycles. The number of benzene rings is 2. The number of amides is 1. The second-order valence-electron chi connectivity index (χ2n) is 8.69. The van der Waals surface area contributed by atoms with E-state index in [2.05, 4.69) is 10.2 Å². The van der Waals surface area contributed by atoms with E-state index in [1.54, 1.807) is 12.1 Å². The maximum Gasteiger partial charge on any atom is 0.272 e. The van der Waals surface area contributed by atoms with E-state index in [9.17, 15) is 18.0 Å². The molecule has 2 aliphatic heterocycles. The average Bonchev–Trinajstić information content (AvgIpc) is 2.96. The van der Waals surface area contributed by atoms with Crippen molar-refractivity contribution in [1.29, 1.82) is 0 Å². The lowest BCUT2D eigenvalue weighted by atomic mass is 10.0. The fraction of sp³-hybridized carbons (Fsp3) is 0.458. The third-order valence-electron chi connectivity index (χ3n) is 6.01. The number of carbonyl (C=O) groups is 1. The number of rotatable bonds is 5. The maximum atomic E-state index is 13.2. The van der Waals surface area contributed by atoms with E-state index in [1.807, 2.05) is 26.0 Å². The molecule has 0 spiro atoms. The second kappa shape index (κ2) is 9.11. The molecule has 1 atom stereocenters. The minimum absolute atomic E-state index is 0.0372. The van der Waals surface area contributed by atoms with E-state index in [-0.39, 0.29) is 37.5 Å². The van der Waals surface area contributed by atoms with Crippen molar-refractivity contribution >= 4 is 17.3 Å². The average molecular weight is 448 g/mol. The van der Waals surface area contributed by atoms with E-state index in [0.717, 1.165) is 47.6 Å². The van der Waals surface area contributed by atoms with E-state index in [1.165, 1.54) is 17.0 Å². The molecular formula is C24H28F3N3O2. The van der Waals surface area contributed by atoms with Gasteiger partial charge < -0.3 is 15.0 Å². The fourth-order valence-electron chi connectivity index (χ4n) is 4.39. The standard InChI is InChI=1S/C24H28F3N3O2/c1-16-11-20(12-17(2)23(16)28-22(31)13-29-14-24(26,27)15-29)30-8-7-21(32-10-9-30)18-3-5-19(25)6-4-18/h3-6,11-12,21H,7-10,13-15H2,1-2H3,(H,28,31). The number of nitrogens with zero attached hydrogens (tertiary/aromatic N) is 2. The van der Waals surface area contributed by atoms with Crippen molar-refractivity contribution in [2.75, 3.05) is 49.5 Å². The highest BCUT2D eigenvalue weighted by atomic mass is 19.3. The summed E-state index contributed by atoms with van der Waals surface area (Å²) in [6, 6.07) is 10.5. The molecule has 0 radical (unpaired) electrons. The Bertz CT molecular complexity index is 950. The summed E-state index contributed by atoms with van der Waals surface area (Å²) in [6.45, 7) is 5.16. The summed E-state index contributed by atoms with van der Waals surface area (Å²) in [5.41, 5.74) is 4.58. The van der Waals surface area contributed by atoms with Gasteiger partial charge in [-0.1, -0.05) is 12.1 Å². The molecule has 5 nitrogen and oxygen atoms in total. The Morgan fingerprint density at radius 2 is 1.78 bits per heavy atom. The zero-order valence-electron chi connectivity index (χ0n) is 18.3. The van der Waals surface area contributed by atoms with Crippen LogP contribution >= 0.6 is 0 Å². The van der Waals surface area contributed by atoms with Crippen molar-refractivity contribution in [3.63, 3.8) is 0 Å². The SMILES string of the molecule is Cc1cc(N2CCOC(c3ccc(F)cc3)CC2)cc(C)c1NC(=O)CN1CC(F)(F)C1. The lowest BCUT2D eigenvalue weighted by Gasteiger charge is -2.38. The molecule has 1 unspecified atom stereocenters. The highest BCUT2D eigenvalue weighted by molar-refractivity contribution is 5.94. The van der Waals surface area contributed by atoms with E-state index in [0.29, 0.717) is 6.61 Å². The van der Waals surface area contributed by atoms with Crippen LogP contribution in [0.15, 0.2) is 36.4 Å². The van der Waals surface area contributed by atoms with Crippen LogP contribution in [0.25, 0.3) is 0 Å². The largest absolute Gasteiger partial charge is 0.372 e. The van der Waals surface area contributed by atoms with Gasteiger partial charge in [-0.25, -0.2) is 13.2 Å². The molecule has 0 bridgehead atoms. The summed E-state index contributed by atoms with van der Waals surface area (Å²) in [4.78, 5) is 16.0. The van der Waals surface area contributed by atoms with Crippen molar-refractivity contribution in [2.24, 2.45) is 0 Å². The Kier molecular flexibility index (Phi) is 6.44. The Labute approximate surface area is 186 Å². The second-order valence-corrected chi connectivity index (χ2v) is 8.69. The van der Waals surface area contributed by atoms with Crippen LogP contribution in [0.3, 0.4) is 0 Å². The van der Waals surface area contributed by atoms with Gasteiger partial charge in [0.2, 0.25) is 5.91 Å². The Hall–Kier alpha value is -2.58. The minimum atomic E-state index is -2.68. The molecule has 4 rings (SSSR count). The highest BCUT2D eigenvalue weighted by Crippen LogP contribution is 2.31. The van der Waals surface area contributed by atoms with Crippen LogP contribution in [-0.2, 0) is 9.53 Å². The van der Waals surface area contributed by atoms with Crippen LogP contribution in [0.1, 0.15) is 29.2 Å². The summed E-state index contributed by atoms with van der Waals surface area (Å²) in [5, 5.41) is 2.88. The van der Waals surface area contributed by atoms with Gasteiger partial charge in [-0.2, -0.15) is 0 Å². The van der Waals surface area contributed by atoms with Crippen LogP contribution in [0.2, 0.25) is 0 Å². The minimum Gasteiger partial charge on any atom is -0.372 e. The van der Waals surface area contributed by atoms with E-state index >= 15 is 0 Å². The molecule has 2 aromatic rings. The monoisotopic (exact) mass is 447 g/mol. The number of aryl methyl sites for hydroxylation is 2. The van der Waals surface area contributed by atoms with Crippen LogP contribution in [0.4, 0.5) is 24.5 Å². The summed E-state index contributed by atoms with van der Waals surface area (Å²) < 4.78 is 45.2. The molecule has 1 N–H and O–H groups in total. The van der Waals surface area contributed by atoms with Crippen molar-refractivity contribution < 1.29 is 22.7 Å². The summed E-state index contributed by atoms with van der Waals surface area (Å²) in [6.07, 6.45) is 0.707. The van der Waals surface area contributed by atoms with Gasteiger partial charge in [0.25, 0.3) is 5.92 Å². The summed E-state index contributed by atoms with van der Waals surface area (Å²) in [7, 11) is 0. The quantitative estimate of drug-likeness (QED) is 0.743. The highest BCUT2D eigenvalue weighted by Gasteiger charge is 2.44. The predicted molar refractivity (Wildman–Crippen MR) is 118 cm³/mol. The van der Waals surface area contributed by atoms with Crippen LogP contribution < -0.4 is 10.2 Å². The van der Waals surface area contributed by atoms with Gasteiger partial charge in [0.05, 0.1) is 32.3 Å². The topological polar surface area (TPSA) is 44.8 Å². The van der Waals surface area contributed by atoms with Crippen molar-refractivity contribution in [2.45, 2.75) is 32.3 Å². The normalized spacial score (nSPS) is 21.0. The van der Waals surface area contributed by atoms with Crippen molar-refractivity contribution in [3.8, 4) is 0 Å². The fourth-order valence-corrected chi connectivity index (χ4v) is 4.39. The number of halogens is 3. The molecule has 172 valence electrons. The van der Waals surface area contributed by atoms with E-state index < -0.39 is 5.92 Å². The van der Waals surface area contributed by atoms with Gasteiger partial charge in [-0.05, 0) is 61.2 Å². The number of alkyl halides is 2. The first-order valence-electron chi connectivity index (χ1n) is 10.8. The molecule has 1 amide bonds. The Morgan fingerprint density at radius 1 is 1.12 bits per heavy atom. The molecule has 0 aromatic heterocycles. The molecule has 32 heavy (non-hydrogen) atoms. The molecule has 2 aliphatic rings. The first kappa shape index (κ1) is 22.6. The zero-order valence-corrected chi connectivity index (χ0v) is 18.3. The molecule has 0 saturated carbocycles. The summed E-state index contributed by atoms with van der Waals surface area (Å²) >= 11 is 0. The van der Waals surface area contributed by atoms with Crippen molar-refractivity contribution in [1.82, 2.24) is 4.90 Å². The molecule has 2 fully saturated rings. The van der Waals surface area contributed by atoms with Gasteiger partial charge >= 0.3 is 0 Å². The molecular weight excluding hydrogens is 419 g/mol. The number of ether oxygens (including phenoxy) is 1. The van der Waals surface area contributed by atoms with Crippen LogP contribution in [-0.4, -0.2) is 56.1 Å². The summed E-state index contributed by atoms with van der Waals surface area (Å²) in [5.74, 6) is -3.23. The van der Waals surface area contributed by atoms with Crippen LogP contribution in [0, 0.1) is 19.7 Å². The number of likely N-dealkylation sites (tertiary alicyclic amines) is 1. The van der Waals surface area contributed by atoms with Gasteiger partial charge in [0.1, 0.15) is 5.82 Å². The van der Waals surface area contributed by atoms with Gasteiger partial charge in [0.15, 0.2) is 0 Å². The van der Waals surface area contributed by atoms with E-state index in [4.69, 9.17) is 4.74 Å². The first-order chi connectivity index (χ1) is 15.2. The predicted octanol–water partition coefficient (Wildman–Crippen LogP) is 4.30. The van der Waals surface area contributed by atoms with Gasteiger partial charge in [-0.15, -0.1) is 0 Å².